The van der Waals surface area contributed by atoms with E-state index in [1.807, 2.05) is 0 Å². The molecule has 0 aliphatic heterocycles. The van der Waals surface area contributed by atoms with Crippen LogP contribution in [0, 0.1) is 5.82 Å². The molecule has 0 saturated heterocycles. The van der Waals surface area contributed by atoms with Gasteiger partial charge in [0.1, 0.15) is 5.82 Å². The van der Waals surface area contributed by atoms with Gasteiger partial charge in [-0.25, -0.2) is 9.18 Å². The van der Waals surface area contributed by atoms with Gasteiger partial charge in [0, 0.05) is 0 Å². The zero-order chi connectivity index (χ0) is 14.5. The quantitative estimate of drug-likeness (QED) is 0.871. The summed E-state index contributed by atoms with van der Waals surface area (Å²) in [4.78, 5) is 11.4. The summed E-state index contributed by atoms with van der Waals surface area (Å²) in [6.07, 6.45) is -1.28. The average molecular weight is 274 g/mol. The minimum atomic E-state index is -1.28. The van der Waals surface area contributed by atoms with Gasteiger partial charge in [-0.15, -0.1) is 0 Å². The molecule has 1 N–H and O–H groups in total. The topological polar surface area (TPSA) is 46.5 Å². The number of rotatable bonds is 4. The molecule has 20 heavy (non-hydrogen) atoms. The largest absolute Gasteiger partial charge is 0.464 e. The maximum atomic E-state index is 12.8. The first-order valence-corrected chi connectivity index (χ1v) is 6.32. The standard InChI is InChI=1S/C16H15FO3/c1-2-20-16(19)15(18)13-5-3-11(4-6-13)12-7-9-14(17)10-8-12/h3-10,15,18H,2H2,1H3. The summed E-state index contributed by atoms with van der Waals surface area (Å²) < 4.78 is 17.6. The van der Waals surface area contributed by atoms with Gasteiger partial charge in [0.05, 0.1) is 6.61 Å². The van der Waals surface area contributed by atoms with Crippen LogP contribution >= 0.6 is 0 Å². The molecule has 0 bridgehead atoms. The van der Waals surface area contributed by atoms with E-state index in [0.717, 1.165) is 11.1 Å². The van der Waals surface area contributed by atoms with Crippen molar-refractivity contribution in [1.82, 2.24) is 0 Å². The number of ether oxygens (including phenoxy) is 1. The van der Waals surface area contributed by atoms with Gasteiger partial charge in [-0.05, 0) is 35.7 Å². The van der Waals surface area contributed by atoms with Crippen LogP contribution in [0.25, 0.3) is 11.1 Å². The fraction of sp³-hybridized carbons (Fsp3) is 0.188. The fourth-order valence-electron chi connectivity index (χ4n) is 1.86. The van der Waals surface area contributed by atoms with Gasteiger partial charge in [0.2, 0.25) is 0 Å². The first-order valence-electron chi connectivity index (χ1n) is 6.32. The number of carbonyl (C=O) groups is 1. The van der Waals surface area contributed by atoms with E-state index in [1.165, 1.54) is 12.1 Å². The van der Waals surface area contributed by atoms with Gasteiger partial charge < -0.3 is 9.84 Å². The highest BCUT2D eigenvalue weighted by Gasteiger charge is 2.18. The Morgan fingerprint density at radius 1 is 1.10 bits per heavy atom. The molecule has 0 aromatic heterocycles. The maximum Gasteiger partial charge on any atom is 0.339 e. The predicted molar refractivity (Wildman–Crippen MR) is 73.4 cm³/mol. The van der Waals surface area contributed by atoms with Crippen LogP contribution < -0.4 is 0 Å². The van der Waals surface area contributed by atoms with Crippen LogP contribution in [0.4, 0.5) is 4.39 Å². The molecule has 2 aromatic rings. The maximum absolute atomic E-state index is 12.8. The van der Waals surface area contributed by atoms with Crippen LogP contribution in [0.2, 0.25) is 0 Å². The Labute approximate surface area is 116 Å². The first kappa shape index (κ1) is 14.2. The van der Waals surface area contributed by atoms with E-state index in [-0.39, 0.29) is 12.4 Å². The van der Waals surface area contributed by atoms with Crippen molar-refractivity contribution in [1.29, 1.82) is 0 Å². The van der Waals surface area contributed by atoms with Crippen molar-refractivity contribution in [3.05, 3.63) is 59.9 Å². The Bertz CT molecular complexity index is 576. The number of hydrogen-bond acceptors (Lipinski definition) is 3. The third-order valence-corrected chi connectivity index (χ3v) is 2.91. The Hall–Kier alpha value is -2.20. The lowest BCUT2D eigenvalue weighted by Crippen LogP contribution is -2.15. The average Bonchev–Trinajstić information content (AvgIpc) is 2.48. The summed E-state index contributed by atoms with van der Waals surface area (Å²) >= 11 is 0. The molecule has 0 amide bonds. The summed E-state index contributed by atoms with van der Waals surface area (Å²) in [5.41, 5.74) is 2.21. The van der Waals surface area contributed by atoms with Crippen molar-refractivity contribution in [2.45, 2.75) is 13.0 Å². The molecule has 0 spiro atoms. The molecule has 0 fully saturated rings. The van der Waals surface area contributed by atoms with Gasteiger partial charge in [-0.2, -0.15) is 0 Å². The van der Waals surface area contributed by atoms with Crippen LogP contribution in [0.15, 0.2) is 48.5 Å². The zero-order valence-corrected chi connectivity index (χ0v) is 11.0. The first-order chi connectivity index (χ1) is 9.61. The van der Waals surface area contributed by atoms with Gasteiger partial charge in [-0.3, -0.25) is 0 Å². The molecule has 0 radical (unpaired) electrons. The van der Waals surface area contributed by atoms with Crippen LogP contribution in [-0.2, 0) is 9.53 Å². The molecular formula is C16H15FO3. The molecule has 1 atom stereocenters. The van der Waals surface area contributed by atoms with Gasteiger partial charge >= 0.3 is 5.97 Å². The van der Waals surface area contributed by atoms with E-state index in [1.54, 1.807) is 43.3 Å². The van der Waals surface area contributed by atoms with Crippen molar-refractivity contribution in [3.8, 4) is 11.1 Å². The second kappa shape index (κ2) is 6.30. The molecular weight excluding hydrogens is 259 g/mol. The minimum Gasteiger partial charge on any atom is -0.464 e. The number of carbonyl (C=O) groups excluding carboxylic acids is 1. The number of hydrogen-bond donors (Lipinski definition) is 1. The lowest BCUT2D eigenvalue weighted by Gasteiger charge is -2.10. The SMILES string of the molecule is CCOC(=O)C(O)c1ccc(-c2ccc(F)cc2)cc1. The molecule has 104 valence electrons. The highest BCUT2D eigenvalue weighted by atomic mass is 19.1. The molecule has 0 saturated carbocycles. The molecule has 4 heteroatoms. The van der Waals surface area contributed by atoms with Crippen LogP contribution in [0.3, 0.4) is 0 Å². The summed E-state index contributed by atoms with van der Waals surface area (Å²) in [6.45, 7) is 1.91. The third-order valence-electron chi connectivity index (χ3n) is 2.91. The van der Waals surface area contributed by atoms with Gasteiger partial charge in [0.25, 0.3) is 0 Å². The second-order valence-electron chi connectivity index (χ2n) is 4.28. The summed E-state index contributed by atoms with van der Waals surface area (Å²) in [5, 5.41) is 9.79. The molecule has 3 nitrogen and oxygen atoms in total. The number of benzene rings is 2. The number of halogens is 1. The Morgan fingerprint density at radius 3 is 2.10 bits per heavy atom. The molecule has 0 aliphatic rings. The highest BCUT2D eigenvalue weighted by molar-refractivity contribution is 5.76. The molecule has 2 rings (SSSR count). The predicted octanol–water partition coefficient (Wildman–Crippen LogP) is 3.09. The third kappa shape index (κ3) is 3.22. The number of esters is 1. The van der Waals surface area contributed by atoms with Gasteiger partial charge in [0.15, 0.2) is 6.10 Å². The van der Waals surface area contributed by atoms with Crippen LogP contribution in [0.5, 0.6) is 0 Å². The van der Waals surface area contributed by atoms with E-state index < -0.39 is 12.1 Å². The van der Waals surface area contributed by atoms with E-state index in [2.05, 4.69) is 0 Å². The second-order valence-corrected chi connectivity index (χ2v) is 4.28. The van der Waals surface area contributed by atoms with Crippen molar-refractivity contribution in [2.24, 2.45) is 0 Å². The minimum absolute atomic E-state index is 0.226. The smallest absolute Gasteiger partial charge is 0.339 e. The Kier molecular flexibility index (Phi) is 4.48. The number of aliphatic hydroxyl groups is 1. The van der Waals surface area contributed by atoms with E-state index in [0.29, 0.717) is 5.56 Å². The normalized spacial score (nSPS) is 11.9. The molecule has 0 aliphatic carbocycles. The zero-order valence-electron chi connectivity index (χ0n) is 11.0. The fourth-order valence-corrected chi connectivity index (χ4v) is 1.86. The summed E-state index contributed by atoms with van der Waals surface area (Å²) in [6, 6.07) is 13.0. The summed E-state index contributed by atoms with van der Waals surface area (Å²) in [5.74, 6) is -0.954. The van der Waals surface area contributed by atoms with Crippen molar-refractivity contribution >= 4 is 5.97 Å². The molecule has 2 aromatic carbocycles. The lowest BCUT2D eigenvalue weighted by atomic mass is 10.0. The van der Waals surface area contributed by atoms with Crippen molar-refractivity contribution in [2.75, 3.05) is 6.61 Å². The van der Waals surface area contributed by atoms with Crippen LogP contribution in [0.1, 0.15) is 18.6 Å². The van der Waals surface area contributed by atoms with E-state index in [4.69, 9.17) is 4.74 Å². The highest BCUT2D eigenvalue weighted by Crippen LogP contribution is 2.22. The number of aliphatic hydroxyl groups excluding tert-OH is 1. The Morgan fingerprint density at radius 2 is 1.60 bits per heavy atom. The Balaban J connectivity index is 2.17. The van der Waals surface area contributed by atoms with E-state index >= 15 is 0 Å². The molecule has 1 unspecified atom stereocenters. The van der Waals surface area contributed by atoms with Crippen molar-refractivity contribution < 1.29 is 19.0 Å². The molecule has 0 heterocycles. The van der Waals surface area contributed by atoms with E-state index in [9.17, 15) is 14.3 Å². The monoisotopic (exact) mass is 274 g/mol. The van der Waals surface area contributed by atoms with Crippen molar-refractivity contribution in [3.63, 3.8) is 0 Å². The van der Waals surface area contributed by atoms with Crippen LogP contribution in [-0.4, -0.2) is 17.7 Å². The lowest BCUT2D eigenvalue weighted by molar-refractivity contribution is -0.153. The van der Waals surface area contributed by atoms with Gasteiger partial charge in [-0.1, -0.05) is 36.4 Å². The summed E-state index contributed by atoms with van der Waals surface area (Å²) in [7, 11) is 0.